The molecule has 0 aliphatic carbocycles. The summed E-state index contributed by atoms with van der Waals surface area (Å²) in [4.78, 5) is 11.4. The van der Waals surface area contributed by atoms with E-state index in [1.807, 2.05) is 19.1 Å². The Morgan fingerprint density at radius 1 is 1.28 bits per heavy atom. The van der Waals surface area contributed by atoms with E-state index in [4.69, 9.17) is 4.42 Å². The Labute approximate surface area is 106 Å². The van der Waals surface area contributed by atoms with Gasteiger partial charge in [-0.3, -0.25) is 0 Å². The minimum Gasteiger partial charge on any atom is -0.472 e. The number of anilines is 1. The molecular weight excluding hydrogens is 228 g/mol. The van der Waals surface area contributed by atoms with Gasteiger partial charge < -0.3 is 14.6 Å². The normalized spacial score (nSPS) is 15.9. The molecule has 1 aliphatic heterocycles. The van der Waals surface area contributed by atoms with Crippen LogP contribution in [0.1, 0.15) is 5.69 Å². The quantitative estimate of drug-likeness (QED) is 0.866. The second-order valence-electron chi connectivity index (χ2n) is 4.44. The third-order valence-electron chi connectivity index (χ3n) is 3.06. The smallest absolute Gasteiger partial charge is 0.164 e. The van der Waals surface area contributed by atoms with Crippen molar-refractivity contribution < 1.29 is 4.42 Å². The van der Waals surface area contributed by atoms with Crippen LogP contribution in [-0.2, 0) is 0 Å². The average Bonchev–Trinajstić information content (AvgIpc) is 2.93. The van der Waals surface area contributed by atoms with Gasteiger partial charge in [0.05, 0.1) is 11.8 Å². The lowest BCUT2D eigenvalue weighted by atomic mass is 10.3. The maximum Gasteiger partial charge on any atom is 0.164 e. The minimum absolute atomic E-state index is 0.734. The van der Waals surface area contributed by atoms with Crippen molar-refractivity contribution in [3.63, 3.8) is 0 Å². The van der Waals surface area contributed by atoms with Crippen LogP contribution in [0, 0.1) is 6.92 Å². The monoisotopic (exact) mass is 244 g/mol. The number of piperazine rings is 1. The molecule has 94 valence electrons. The van der Waals surface area contributed by atoms with Crippen molar-refractivity contribution in [2.24, 2.45) is 0 Å². The molecular formula is C13H16N4O. The summed E-state index contributed by atoms with van der Waals surface area (Å²) >= 11 is 0. The summed E-state index contributed by atoms with van der Waals surface area (Å²) in [7, 11) is 0. The molecule has 18 heavy (non-hydrogen) atoms. The first kappa shape index (κ1) is 11.2. The average molecular weight is 244 g/mol. The molecule has 0 atom stereocenters. The number of aryl methyl sites for hydroxylation is 1. The Hall–Kier alpha value is -1.88. The standard InChI is InChI=1S/C13H16N4O/c1-10-8-12(17-5-3-14-4-6-17)16-13(15-10)11-2-7-18-9-11/h2,7-9,14H,3-6H2,1H3. The fraction of sp³-hybridized carbons (Fsp3) is 0.385. The maximum absolute atomic E-state index is 5.09. The van der Waals surface area contributed by atoms with E-state index < -0.39 is 0 Å². The second-order valence-corrected chi connectivity index (χ2v) is 4.44. The van der Waals surface area contributed by atoms with Crippen molar-refractivity contribution in [2.45, 2.75) is 6.92 Å². The van der Waals surface area contributed by atoms with Gasteiger partial charge in [-0.05, 0) is 13.0 Å². The summed E-state index contributed by atoms with van der Waals surface area (Å²) in [5.41, 5.74) is 1.91. The Kier molecular flexibility index (Phi) is 2.98. The summed E-state index contributed by atoms with van der Waals surface area (Å²) in [6.07, 6.45) is 3.32. The second kappa shape index (κ2) is 4.78. The number of aromatic nitrogens is 2. The molecule has 0 radical (unpaired) electrons. The predicted octanol–water partition coefficient (Wildman–Crippen LogP) is 1.45. The zero-order valence-corrected chi connectivity index (χ0v) is 10.4. The van der Waals surface area contributed by atoms with E-state index in [1.54, 1.807) is 12.5 Å². The van der Waals surface area contributed by atoms with Gasteiger partial charge in [-0.25, -0.2) is 9.97 Å². The summed E-state index contributed by atoms with van der Waals surface area (Å²) in [6, 6.07) is 3.92. The first-order valence-corrected chi connectivity index (χ1v) is 6.17. The van der Waals surface area contributed by atoms with E-state index in [0.717, 1.165) is 49.1 Å². The maximum atomic E-state index is 5.09. The first-order valence-electron chi connectivity index (χ1n) is 6.17. The van der Waals surface area contributed by atoms with Gasteiger partial charge in [0.1, 0.15) is 12.1 Å². The van der Waals surface area contributed by atoms with Crippen LogP contribution in [0.4, 0.5) is 5.82 Å². The molecule has 5 nitrogen and oxygen atoms in total. The molecule has 0 unspecified atom stereocenters. The van der Waals surface area contributed by atoms with Gasteiger partial charge in [0.2, 0.25) is 0 Å². The zero-order valence-electron chi connectivity index (χ0n) is 10.4. The van der Waals surface area contributed by atoms with Crippen molar-refractivity contribution in [3.05, 3.63) is 30.4 Å². The molecule has 1 aliphatic rings. The highest BCUT2D eigenvalue weighted by molar-refractivity contribution is 5.56. The predicted molar refractivity (Wildman–Crippen MR) is 69.6 cm³/mol. The molecule has 3 rings (SSSR count). The van der Waals surface area contributed by atoms with Gasteiger partial charge in [0.15, 0.2) is 5.82 Å². The van der Waals surface area contributed by atoms with E-state index in [2.05, 4.69) is 20.2 Å². The van der Waals surface area contributed by atoms with Crippen LogP contribution in [0.2, 0.25) is 0 Å². The molecule has 0 saturated carbocycles. The molecule has 0 aromatic carbocycles. The van der Waals surface area contributed by atoms with Crippen LogP contribution in [0.15, 0.2) is 29.1 Å². The number of furan rings is 1. The van der Waals surface area contributed by atoms with Crippen LogP contribution in [0.25, 0.3) is 11.4 Å². The van der Waals surface area contributed by atoms with Crippen LogP contribution < -0.4 is 10.2 Å². The third-order valence-corrected chi connectivity index (χ3v) is 3.06. The van der Waals surface area contributed by atoms with Crippen molar-refractivity contribution in [1.82, 2.24) is 15.3 Å². The summed E-state index contributed by atoms with van der Waals surface area (Å²) in [6.45, 7) is 5.98. The fourth-order valence-electron chi connectivity index (χ4n) is 2.13. The lowest BCUT2D eigenvalue weighted by molar-refractivity contribution is 0.567. The largest absolute Gasteiger partial charge is 0.472 e. The molecule has 0 spiro atoms. The fourth-order valence-corrected chi connectivity index (χ4v) is 2.13. The highest BCUT2D eigenvalue weighted by Crippen LogP contribution is 2.20. The van der Waals surface area contributed by atoms with Gasteiger partial charge in [-0.1, -0.05) is 0 Å². The molecule has 1 fully saturated rings. The van der Waals surface area contributed by atoms with Crippen molar-refractivity contribution in [2.75, 3.05) is 31.1 Å². The van der Waals surface area contributed by atoms with Gasteiger partial charge in [-0.15, -0.1) is 0 Å². The van der Waals surface area contributed by atoms with Gasteiger partial charge >= 0.3 is 0 Å². The minimum atomic E-state index is 0.734. The van der Waals surface area contributed by atoms with Gasteiger partial charge in [0, 0.05) is 37.9 Å². The molecule has 2 aromatic heterocycles. The number of hydrogen-bond donors (Lipinski definition) is 1. The number of rotatable bonds is 2. The van der Waals surface area contributed by atoms with E-state index in [0.29, 0.717) is 0 Å². The van der Waals surface area contributed by atoms with Gasteiger partial charge in [0.25, 0.3) is 0 Å². The van der Waals surface area contributed by atoms with E-state index in [-0.39, 0.29) is 0 Å². The topological polar surface area (TPSA) is 54.2 Å². The molecule has 1 saturated heterocycles. The Balaban J connectivity index is 1.95. The lowest BCUT2D eigenvalue weighted by Gasteiger charge is -2.28. The Morgan fingerprint density at radius 2 is 2.11 bits per heavy atom. The molecule has 3 heterocycles. The Morgan fingerprint density at radius 3 is 2.83 bits per heavy atom. The molecule has 0 amide bonds. The molecule has 0 bridgehead atoms. The van der Waals surface area contributed by atoms with E-state index in [1.165, 1.54) is 0 Å². The number of nitrogens with zero attached hydrogens (tertiary/aromatic N) is 3. The van der Waals surface area contributed by atoms with Crippen LogP contribution in [0.5, 0.6) is 0 Å². The Bertz CT molecular complexity index is 518. The molecule has 5 heteroatoms. The summed E-state index contributed by atoms with van der Waals surface area (Å²) < 4.78 is 5.09. The first-order chi connectivity index (χ1) is 8.83. The summed E-state index contributed by atoms with van der Waals surface area (Å²) in [5.74, 6) is 1.73. The number of hydrogen-bond acceptors (Lipinski definition) is 5. The lowest BCUT2D eigenvalue weighted by Crippen LogP contribution is -2.44. The van der Waals surface area contributed by atoms with E-state index in [9.17, 15) is 0 Å². The molecule has 2 aromatic rings. The van der Waals surface area contributed by atoms with Crippen LogP contribution in [0.3, 0.4) is 0 Å². The SMILES string of the molecule is Cc1cc(N2CCNCC2)nc(-c2ccoc2)n1. The molecule has 1 N–H and O–H groups in total. The highest BCUT2D eigenvalue weighted by atomic mass is 16.3. The van der Waals surface area contributed by atoms with Crippen molar-refractivity contribution in [1.29, 1.82) is 0 Å². The van der Waals surface area contributed by atoms with E-state index >= 15 is 0 Å². The van der Waals surface area contributed by atoms with Gasteiger partial charge in [-0.2, -0.15) is 0 Å². The highest BCUT2D eigenvalue weighted by Gasteiger charge is 2.14. The van der Waals surface area contributed by atoms with Crippen molar-refractivity contribution >= 4 is 5.82 Å². The third kappa shape index (κ3) is 2.22. The summed E-state index contributed by atoms with van der Waals surface area (Å²) in [5, 5.41) is 3.34. The van der Waals surface area contributed by atoms with Crippen LogP contribution >= 0.6 is 0 Å². The van der Waals surface area contributed by atoms with Crippen molar-refractivity contribution in [3.8, 4) is 11.4 Å². The van der Waals surface area contributed by atoms with Crippen LogP contribution in [-0.4, -0.2) is 36.1 Å². The number of nitrogens with one attached hydrogen (secondary N) is 1. The zero-order chi connectivity index (χ0) is 12.4.